The number of H-pyrrole nitrogens is 1. The smallest absolute Gasteiger partial charge is 0.252 e. The van der Waals surface area contributed by atoms with Gasteiger partial charge in [0.05, 0.1) is 6.20 Å². The summed E-state index contributed by atoms with van der Waals surface area (Å²) in [4.78, 5) is 10.3. The summed E-state index contributed by atoms with van der Waals surface area (Å²) < 4.78 is 0. The summed E-state index contributed by atoms with van der Waals surface area (Å²) in [5.74, 6) is -0.839. The molecule has 1 aromatic rings. The van der Waals surface area contributed by atoms with Crippen molar-refractivity contribution in [3.63, 3.8) is 0 Å². The molecule has 1 heterocycles. The van der Waals surface area contributed by atoms with E-state index in [1.807, 2.05) is 0 Å². The minimum absolute atomic E-state index is 0.132. The van der Waals surface area contributed by atoms with Crippen LogP contribution in [0.3, 0.4) is 0 Å². The topological polar surface area (TPSA) is 105 Å². The van der Waals surface area contributed by atoms with Crippen LogP contribution < -0.4 is 5.73 Å². The summed E-state index contributed by atoms with van der Waals surface area (Å²) in [5.41, 5.74) is 4.89. The number of nitrogens with one attached hydrogen (secondary N) is 1. The Labute approximate surface area is 56.0 Å². The highest BCUT2D eigenvalue weighted by Gasteiger charge is 2.15. The molecule has 0 bridgehead atoms. The van der Waals surface area contributed by atoms with Crippen LogP contribution in [0.25, 0.3) is 0 Å². The Morgan fingerprint density at radius 2 is 2.60 bits per heavy atom. The Bertz CT molecular complexity index is 219. The summed E-state index contributed by atoms with van der Waals surface area (Å²) in [6.45, 7) is 0. The Morgan fingerprint density at radius 3 is 3.00 bits per heavy atom. The van der Waals surface area contributed by atoms with Crippen LogP contribution in [0.4, 0.5) is 0 Å². The summed E-state index contributed by atoms with van der Waals surface area (Å²) in [7, 11) is 0. The molecule has 0 aliphatic rings. The number of aromatic amines is 1. The highest BCUT2D eigenvalue weighted by atomic mass is 16.3. The largest absolute Gasteiger partial charge is 0.377 e. The molecule has 6 heteroatoms. The van der Waals surface area contributed by atoms with Crippen molar-refractivity contribution in [2.75, 3.05) is 0 Å². The van der Waals surface area contributed by atoms with Crippen LogP contribution >= 0.6 is 0 Å². The lowest BCUT2D eigenvalue weighted by atomic mass is 10.3. The number of aliphatic hydroxyl groups excluding tert-OH is 1. The highest BCUT2D eigenvalue weighted by Crippen LogP contribution is 2.04. The molecule has 1 aromatic heterocycles. The summed E-state index contributed by atoms with van der Waals surface area (Å²) in [5, 5.41) is 18.0. The molecular weight excluding hydrogens is 136 g/mol. The van der Waals surface area contributed by atoms with Crippen molar-refractivity contribution in [3.8, 4) is 0 Å². The fourth-order valence-electron chi connectivity index (χ4n) is 0.488. The fourth-order valence-corrected chi connectivity index (χ4v) is 0.488. The first-order chi connectivity index (χ1) is 4.72. The zero-order chi connectivity index (χ0) is 7.56. The number of hydrogen-bond donors (Lipinski definition) is 3. The van der Waals surface area contributed by atoms with Gasteiger partial charge in [-0.25, -0.2) is 0 Å². The van der Waals surface area contributed by atoms with Gasteiger partial charge in [-0.2, -0.15) is 15.4 Å². The van der Waals surface area contributed by atoms with Gasteiger partial charge in [0.15, 0.2) is 6.10 Å². The van der Waals surface area contributed by atoms with Gasteiger partial charge in [0.1, 0.15) is 5.69 Å². The lowest BCUT2D eigenvalue weighted by molar-refractivity contribution is -0.126. The van der Waals surface area contributed by atoms with Crippen LogP contribution in [0, 0.1) is 0 Å². The number of nitrogens with zero attached hydrogens (tertiary/aromatic N) is 2. The van der Waals surface area contributed by atoms with Gasteiger partial charge in [0.25, 0.3) is 5.91 Å². The number of carbonyl (C=O) groups excluding carboxylic acids is 1. The zero-order valence-corrected chi connectivity index (χ0v) is 4.98. The number of aliphatic hydroxyl groups is 1. The van der Waals surface area contributed by atoms with E-state index in [2.05, 4.69) is 15.4 Å². The van der Waals surface area contributed by atoms with Crippen molar-refractivity contribution in [1.82, 2.24) is 15.4 Å². The van der Waals surface area contributed by atoms with Gasteiger partial charge >= 0.3 is 0 Å². The molecule has 0 aliphatic heterocycles. The third-order valence-electron chi connectivity index (χ3n) is 0.983. The zero-order valence-electron chi connectivity index (χ0n) is 4.98. The van der Waals surface area contributed by atoms with Gasteiger partial charge in [-0.3, -0.25) is 4.79 Å². The van der Waals surface area contributed by atoms with E-state index in [9.17, 15) is 4.79 Å². The number of nitrogens with two attached hydrogens (primary N) is 1. The van der Waals surface area contributed by atoms with E-state index in [-0.39, 0.29) is 5.69 Å². The van der Waals surface area contributed by atoms with Gasteiger partial charge in [-0.1, -0.05) is 0 Å². The first-order valence-corrected chi connectivity index (χ1v) is 2.55. The monoisotopic (exact) mass is 142 g/mol. The molecule has 0 saturated heterocycles. The van der Waals surface area contributed by atoms with Crippen LogP contribution in [-0.4, -0.2) is 26.4 Å². The summed E-state index contributed by atoms with van der Waals surface area (Å²) in [6.07, 6.45) is -0.131. The molecule has 1 amide bonds. The van der Waals surface area contributed by atoms with Crippen molar-refractivity contribution in [2.24, 2.45) is 5.73 Å². The van der Waals surface area contributed by atoms with Crippen molar-refractivity contribution in [3.05, 3.63) is 11.9 Å². The maximum Gasteiger partial charge on any atom is 0.252 e. The molecule has 0 saturated carbocycles. The molecule has 4 N–H and O–H groups in total. The van der Waals surface area contributed by atoms with Gasteiger partial charge in [0.2, 0.25) is 0 Å². The average molecular weight is 142 g/mol. The normalized spacial score (nSPS) is 12.9. The maximum atomic E-state index is 10.3. The second-order valence-corrected chi connectivity index (χ2v) is 1.70. The predicted octanol–water partition coefficient (Wildman–Crippen LogP) is -1.68. The first kappa shape index (κ1) is 6.69. The molecule has 0 aromatic carbocycles. The van der Waals surface area contributed by atoms with Gasteiger partial charge in [-0.05, 0) is 0 Å². The molecule has 0 aliphatic carbocycles. The Balaban J connectivity index is 2.77. The molecule has 1 rings (SSSR count). The number of carbonyl (C=O) groups is 1. The molecular formula is C4H6N4O2. The molecule has 1 unspecified atom stereocenters. The highest BCUT2D eigenvalue weighted by molar-refractivity contribution is 5.79. The summed E-state index contributed by atoms with van der Waals surface area (Å²) >= 11 is 0. The van der Waals surface area contributed by atoms with Crippen LogP contribution in [0.5, 0.6) is 0 Å². The molecule has 54 valence electrons. The molecule has 0 fully saturated rings. The van der Waals surface area contributed by atoms with Crippen LogP contribution in [0.1, 0.15) is 11.8 Å². The van der Waals surface area contributed by atoms with E-state index in [0.29, 0.717) is 0 Å². The van der Waals surface area contributed by atoms with Crippen LogP contribution in [-0.2, 0) is 4.79 Å². The van der Waals surface area contributed by atoms with E-state index < -0.39 is 12.0 Å². The van der Waals surface area contributed by atoms with E-state index in [1.54, 1.807) is 0 Å². The fraction of sp³-hybridized carbons (Fsp3) is 0.250. The van der Waals surface area contributed by atoms with E-state index in [0.717, 1.165) is 0 Å². The minimum atomic E-state index is -1.36. The predicted molar refractivity (Wildman–Crippen MR) is 30.5 cm³/mol. The quantitative estimate of drug-likeness (QED) is 0.458. The van der Waals surface area contributed by atoms with Gasteiger partial charge in [-0.15, -0.1) is 0 Å². The number of aromatic nitrogens is 3. The van der Waals surface area contributed by atoms with Crippen molar-refractivity contribution in [2.45, 2.75) is 6.10 Å². The second kappa shape index (κ2) is 2.44. The number of hydrogen-bond acceptors (Lipinski definition) is 4. The average Bonchev–Trinajstić information content (AvgIpc) is 2.36. The number of amides is 1. The van der Waals surface area contributed by atoms with Crippen molar-refractivity contribution in [1.29, 1.82) is 0 Å². The number of rotatable bonds is 2. The molecule has 0 spiro atoms. The Kier molecular flexibility index (Phi) is 1.63. The molecule has 6 nitrogen and oxygen atoms in total. The van der Waals surface area contributed by atoms with E-state index in [1.165, 1.54) is 6.20 Å². The van der Waals surface area contributed by atoms with E-state index in [4.69, 9.17) is 10.8 Å². The maximum absolute atomic E-state index is 10.3. The van der Waals surface area contributed by atoms with Crippen molar-refractivity contribution < 1.29 is 9.90 Å². The lowest BCUT2D eigenvalue weighted by Crippen LogP contribution is -2.21. The van der Waals surface area contributed by atoms with Crippen LogP contribution in [0.15, 0.2) is 6.20 Å². The second-order valence-electron chi connectivity index (χ2n) is 1.70. The van der Waals surface area contributed by atoms with Gasteiger partial charge in [0, 0.05) is 0 Å². The minimum Gasteiger partial charge on any atom is -0.377 e. The van der Waals surface area contributed by atoms with Crippen LogP contribution in [0.2, 0.25) is 0 Å². The first-order valence-electron chi connectivity index (χ1n) is 2.55. The molecule has 0 radical (unpaired) electrons. The Hall–Kier alpha value is -1.43. The SMILES string of the molecule is NC(=O)C(O)c1cn[nH]n1. The van der Waals surface area contributed by atoms with Crippen molar-refractivity contribution >= 4 is 5.91 Å². The third kappa shape index (κ3) is 1.11. The third-order valence-corrected chi connectivity index (χ3v) is 0.983. The summed E-state index contributed by atoms with van der Waals surface area (Å²) in [6, 6.07) is 0. The molecule has 10 heavy (non-hydrogen) atoms. The number of primary amides is 1. The van der Waals surface area contributed by atoms with Gasteiger partial charge < -0.3 is 10.8 Å². The lowest BCUT2D eigenvalue weighted by Gasteiger charge is -1.98. The standard InChI is InChI=1S/C4H6N4O2/c5-4(10)3(9)2-1-6-8-7-2/h1,3,9H,(H2,5,10)(H,6,7,8). The Morgan fingerprint density at radius 1 is 1.90 bits per heavy atom. The van der Waals surface area contributed by atoms with E-state index >= 15 is 0 Å². The molecule has 1 atom stereocenters.